The Hall–Kier alpha value is -3.37. The molecular formula is C23H23F3N4O4. The van der Waals surface area contributed by atoms with Gasteiger partial charge < -0.3 is 14.9 Å². The van der Waals surface area contributed by atoms with E-state index < -0.39 is 34.8 Å². The Labute approximate surface area is 192 Å². The van der Waals surface area contributed by atoms with E-state index in [0.717, 1.165) is 10.5 Å². The zero-order valence-corrected chi connectivity index (χ0v) is 18.2. The third kappa shape index (κ3) is 3.54. The van der Waals surface area contributed by atoms with E-state index >= 15 is 0 Å². The summed E-state index contributed by atoms with van der Waals surface area (Å²) in [5, 5.41) is 14.0. The first-order valence-corrected chi connectivity index (χ1v) is 11.0. The third-order valence-corrected chi connectivity index (χ3v) is 7.30. The van der Waals surface area contributed by atoms with Gasteiger partial charge in [-0.25, -0.2) is 0 Å². The lowest BCUT2D eigenvalue weighted by Crippen LogP contribution is -2.65. The summed E-state index contributed by atoms with van der Waals surface area (Å²) in [5.41, 5.74) is -1.96. The van der Waals surface area contributed by atoms with Crippen molar-refractivity contribution in [2.24, 2.45) is 16.7 Å². The van der Waals surface area contributed by atoms with Crippen LogP contribution in [0.5, 0.6) is 0 Å². The molecule has 3 fully saturated rings. The number of carboxylic acid groups (broad SMARTS) is 1. The van der Waals surface area contributed by atoms with Gasteiger partial charge >= 0.3 is 12.1 Å². The third-order valence-electron chi connectivity index (χ3n) is 7.30. The number of carbonyl (C=O) groups is 3. The number of rotatable bonds is 5. The molecule has 1 aromatic carbocycles. The number of alkyl halides is 3. The predicted molar refractivity (Wildman–Crippen MR) is 112 cm³/mol. The Morgan fingerprint density at radius 2 is 1.71 bits per heavy atom. The van der Waals surface area contributed by atoms with Gasteiger partial charge in [0, 0.05) is 37.8 Å². The van der Waals surface area contributed by atoms with E-state index in [9.17, 15) is 32.7 Å². The number of carboxylic acids is 1. The van der Waals surface area contributed by atoms with Crippen LogP contribution in [0.4, 0.5) is 13.2 Å². The van der Waals surface area contributed by atoms with Crippen molar-refractivity contribution in [3.05, 3.63) is 53.9 Å². The number of hydrogen-bond donors (Lipinski definition) is 1. The standard InChI is InChI=1S/C23H23F3N4O4/c24-23(25,26)22(6-7-22)20(34)29-13-21(14-29)12-28(11-17(21)19(32)33)18(31)16-8-27-30(10-16)9-15-4-2-1-3-5-15/h1-5,8,10,17H,6-7,9,11-14H2,(H,32,33)/t17-/m0/s1. The maximum Gasteiger partial charge on any atom is 0.403 e. The molecule has 0 radical (unpaired) electrons. The van der Waals surface area contributed by atoms with Gasteiger partial charge in [-0.1, -0.05) is 30.3 Å². The van der Waals surface area contributed by atoms with Crippen LogP contribution < -0.4 is 0 Å². The number of carbonyl (C=O) groups excluding carboxylic acids is 2. The Morgan fingerprint density at radius 3 is 2.29 bits per heavy atom. The minimum atomic E-state index is -4.61. The maximum absolute atomic E-state index is 13.3. The molecule has 1 aliphatic carbocycles. The van der Waals surface area contributed by atoms with Crippen LogP contribution in [0.3, 0.4) is 0 Å². The van der Waals surface area contributed by atoms with E-state index in [2.05, 4.69) is 5.10 Å². The molecule has 5 rings (SSSR count). The summed E-state index contributed by atoms with van der Waals surface area (Å²) in [5.74, 6) is -3.46. The van der Waals surface area contributed by atoms with Crippen LogP contribution in [-0.2, 0) is 16.1 Å². The number of nitrogens with zero attached hydrogens (tertiary/aromatic N) is 4. The molecule has 11 heteroatoms. The van der Waals surface area contributed by atoms with Crippen LogP contribution in [-0.4, -0.2) is 74.8 Å². The van der Waals surface area contributed by atoms with Crippen molar-refractivity contribution in [2.75, 3.05) is 26.2 Å². The molecule has 2 saturated heterocycles. The molecule has 2 amide bonds. The van der Waals surface area contributed by atoms with E-state index in [-0.39, 0.29) is 44.9 Å². The zero-order valence-electron chi connectivity index (χ0n) is 18.2. The van der Waals surface area contributed by atoms with Crippen molar-refractivity contribution in [3.8, 4) is 0 Å². The SMILES string of the molecule is O=C(O)[C@@H]1CN(C(=O)c2cnn(Cc3ccccc3)c2)CC12CN(C(=O)C1(C(F)(F)F)CC1)C2. The number of likely N-dealkylation sites (tertiary alicyclic amines) is 2. The van der Waals surface area contributed by atoms with Gasteiger partial charge in [-0.2, -0.15) is 18.3 Å². The molecule has 8 nitrogen and oxygen atoms in total. The highest BCUT2D eigenvalue weighted by Crippen LogP contribution is 2.60. The van der Waals surface area contributed by atoms with Crippen LogP contribution in [0.2, 0.25) is 0 Å². The Bertz CT molecular complexity index is 1140. The Balaban J connectivity index is 1.27. The average Bonchev–Trinajstić information content (AvgIpc) is 3.30. The van der Waals surface area contributed by atoms with Gasteiger partial charge in [0.05, 0.1) is 24.2 Å². The van der Waals surface area contributed by atoms with Crippen molar-refractivity contribution in [1.82, 2.24) is 19.6 Å². The fourth-order valence-electron chi connectivity index (χ4n) is 5.20. The normalized spacial score (nSPS) is 22.5. The van der Waals surface area contributed by atoms with E-state index in [1.54, 1.807) is 10.9 Å². The van der Waals surface area contributed by atoms with Gasteiger partial charge in [0.1, 0.15) is 5.41 Å². The number of aliphatic carboxylic acids is 1. The molecule has 1 N–H and O–H groups in total. The van der Waals surface area contributed by atoms with Crippen molar-refractivity contribution >= 4 is 17.8 Å². The van der Waals surface area contributed by atoms with Crippen LogP contribution in [0.1, 0.15) is 28.8 Å². The maximum atomic E-state index is 13.3. The van der Waals surface area contributed by atoms with Crippen LogP contribution in [0.25, 0.3) is 0 Å². The van der Waals surface area contributed by atoms with E-state index in [1.807, 2.05) is 30.3 Å². The number of aromatic nitrogens is 2. The lowest BCUT2D eigenvalue weighted by atomic mass is 9.71. The van der Waals surface area contributed by atoms with Crippen molar-refractivity contribution < 1.29 is 32.7 Å². The van der Waals surface area contributed by atoms with Gasteiger partial charge in [0.2, 0.25) is 5.91 Å². The van der Waals surface area contributed by atoms with Crippen molar-refractivity contribution in [1.29, 1.82) is 0 Å². The second kappa shape index (κ2) is 7.57. The highest BCUT2D eigenvalue weighted by Gasteiger charge is 2.71. The summed E-state index contributed by atoms with van der Waals surface area (Å²) in [6, 6.07) is 9.55. The number of hydrogen-bond acceptors (Lipinski definition) is 4. The first-order chi connectivity index (χ1) is 16.0. The Morgan fingerprint density at radius 1 is 1.06 bits per heavy atom. The minimum absolute atomic E-state index is 0.0649. The molecule has 0 bridgehead atoms. The fourth-order valence-corrected chi connectivity index (χ4v) is 5.20. The molecular weight excluding hydrogens is 453 g/mol. The predicted octanol–water partition coefficient (Wildman–Crippen LogP) is 2.26. The van der Waals surface area contributed by atoms with Crippen molar-refractivity contribution in [2.45, 2.75) is 25.6 Å². The molecule has 1 atom stereocenters. The highest BCUT2D eigenvalue weighted by atomic mass is 19.4. The lowest BCUT2D eigenvalue weighted by molar-refractivity contribution is -0.206. The minimum Gasteiger partial charge on any atom is -0.481 e. The lowest BCUT2D eigenvalue weighted by Gasteiger charge is -2.50. The summed E-state index contributed by atoms with van der Waals surface area (Å²) in [6.07, 6.45) is -2.08. The summed E-state index contributed by atoms with van der Waals surface area (Å²) < 4.78 is 41.6. The zero-order chi connectivity index (χ0) is 24.3. The molecule has 2 aromatic rings. The highest BCUT2D eigenvalue weighted by molar-refractivity contribution is 5.95. The molecule has 2 aliphatic heterocycles. The van der Waals surface area contributed by atoms with Crippen molar-refractivity contribution in [3.63, 3.8) is 0 Å². The monoisotopic (exact) mass is 476 g/mol. The van der Waals surface area contributed by atoms with E-state index in [0.29, 0.717) is 12.1 Å². The number of halogens is 3. The van der Waals surface area contributed by atoms with Gasteiger partial charge in [-0.15, -0.1) is 0 Å². The number of amides is 2. The van der Waals surface area contributed by atoms with Crippen LogP contribution in [0, 0.1) is 16.7 Å². The molecule has 3 heterocycles. The first kappa shape index (κ1) is 22.4. The summed E-state index contributed by atoms with van der Waals surface area (Å²) in [7, 11) is 0. The smallest absolute Gasteiger partial charge is 0.403 e. The second-order valence-corrected chi connectivity index (χ2v) is 9.59. The fraction of sp³-hybridized carbons (Fsp3) is 0.478. The molecule has 1 spiro atoms. The van der Waals surface area contributed by atoms with Gasteiger partial charge in [0.25, 0.3) is 5.91 Å². The molecule has 180 valence electrons. The topological polar surface area (TPSA) is 95.7 Å². The van der Waals surface area contributed by atoms with Gasteiger partial charge in [0.15, 0.2) is 0 Å². The van der Waals surface area contributed by atoms with Crippen LogP contribution >= 0.6 is 0 Å². The van der Waals surface area contributed by atoms with E-state index in [4.69, 9.17) is 0 Å². The largest absolute Gasteiger partial charge is 0.481 e. The summed E-state index contributed by atoms with van der Waals surface area (Å²) in [6.45, 7) is 0.267. The number of benzene rings is 1. The molecule has 0 unspecified atom stereocenters. The van der Waals surface area contributed by atoms with E-state index in [1.165, 1.54) is 11.1 Å². The molecule has 1 saturated carbocycles. The molecule has 3 aliphatic rings. The van der Waals surface area contributed by atoms with Crippen LogP contribution in [0.15, 0.2) is 42.7 Å². The van der Waals surface area contributed by atoms with Gasteiger partial charge in [-0.05, 0) is 18.4 Å². The molecule has 34 heavy (non-hydrogen) atoms. The Kier molecular flexibility index (Phi) is 4.99. The quantitative estimate of drug-likeness (QED) is 0.715. The first-order valence-electron chi connectivity index (χ1n) is 11.0. The molecule has 1 aromatic heterocycles. The second-order valence-electron chi connectivity index (χ2n) is 9.59. The summed E-state index contributed by atoms with van der Waals surface area (Å²) >= 11 is 0. The summed E-state index contributed by atoms with van der Waals surface area (Å²) in [4.78, 5) is 40.0. The average molecular weight is 476 g/mol. The van der Waals surface area contributed by atoms with Gasteiger partial charge in [-0.3, -0.25) is 19.1 Å².